The van der Waals surface area contributed by atoms with Crippen LogP contribution in [0.2, 0.25) is 0 Å². The summed E-state index contributed by atoms with van der Waals surface area (Å²) in [6, 6.07) is 19.0. The molecule has 1 fully saturated rings. The van der Waals surface area contributed by atoms with Crippen LogP contribution in [0.4, 0.5) is 4.79 Å². The first-order valence-electron chi connectivity index (χ1n) is 8.40. The third kappa shape index (κ3) is 3.79. The zero-order chi connectivity index (χ0) is 17.6. The van der Waals surface area contributed by atoms with Crippen LogP contribution in [-0.2, 0) is 16.0 Å². The third-order valence-electron chi connectivity index (χ3n) is 4.42. The second kappa shape index (κ2) is 7.79. The molecule has 0 bridgehead atoms. The van der Waals surface area contributed by atoms with Crippen LogP contribution in [0.15, 0.2) is 73.3 Å². The standard InChI is InChI=1S/C21H21NO3/c1-2-9-19(17-12-7-4-8-13-17)20(23)22-18(15-25-21(22)24)14-16-10-5-3-6-11-16/h2-8,10-13,18-19H,1,9,14-15H2/t18-,19?/m1/s1. The summed E-state index contributed by atoms with van der Waals surface area (Å²) in [6.45, 7) is 3.99. The Morgan fingerprint density at radius 1 is 1.16 bits per heavy atom. The van der Waals surface area contributed by atoms with Crippen LogP contribution in [0.5, 0.6) is 0 Å². The number of amides is 2. The average Bonchev–Trinajstić information content (AvgIpc) is 3.01. The van der Waals surface area contributed by atoms with Crippen LogP contribution in [0.1, 0.15) is 23.5 Å². The maximum absolute atomic E-state index is 13.1. The van der Waals surface area contributed by atoms with E-state index in [1.807, 2.05) is 60.7 Å². The molecule has 1 unspecified atom stereocenters. The van der Waals surface area contributed by atoms with E-state index in [4.69, 9.17) is 4.74 Å². The van der Waals surface area contributed by atoms with Crippen LogP contribution >= 0.6 is 0 Å². The Labute approximate surface area is 147 Å². The van der Waals surface area contributed by atoms with E-state index >= 15 is 0 Å². The Morgan fingerprint density at radius 2 is 1.80 bits per heavy atom. The highest BCUT2D eigenvalue weighted by molar-refractivity contribution is 5.97. The minimum atomic E-state index is -0.559. The summed E-state index contributed by atoms with van der Waals surface area (Å²) in [7, 11) is 0. The molecule has 2 aromatic carbocycles. The van der Waals surface area contributed by atoms with Crippen LogP contribution < -0.4 is 0 Å². The zero-order valence-corrected chi connectivity index (χ0v) is 14.0. The number of ether oxygens (including phenoxy) is 1. The molecular formula is C21H21NO3. The van der Waals surface area contributed by atoms with Gasteiger partial charge >= 0.3 is 6.09 Å². The fourth-order valence-corrected chi connectivity index (χ4v) is 3.17. The van der Waals surface area contributed by atoms with Gasteiger partial charge in [0.1, 0.15) is 6.61 Å². The molecule has 3 rings (SSSR count). The summed E-state index contributed by atoms with van der Waals surface area (Å²) >= 11 is 0. The maximum Gasteiger partial charge on any atom is 0.417 e. The van der Waals surface area contributed by atoms with E-state index in [1.165, 1.54) is 4.90 Å². The van der Waals surface area contributed by atoms with Crippen molar-refractivity contribution in [2.75, 3.05) is 6.61 Å². The molecule has 0 aliphatic carbocycles. The SMILES string of the molecule is C=CCC(C(=O)N1C(=O)OC[C@H]1Cc1ccccc1)c1ccccc1. The number of carbonyl (C=O) groups excluding carboxylic acids is 2. The molecule has 0 spiro atoms. The lowest BCUT2D eigenvalue weighted by Crippen LogP contribution is -2.42. The molecule has 2 amide bonds. The van der Waals surface area contributed by atoms with Crippen LogP contribution in [0.25, 0.3) is 0 Å². The topological polar surface area (TPSA) is 46.6 Å². The van der Waals surface area contributed by atoms with Crippen molar-refractivity contribution in [3.8, 4) is 0 Å². The van der Waals surface area contributed by atoms with Crippen molar-refractivity contribution in [3.63, 3.8) is 0 Å². The Bertz CT molecular complexity index is 742. The minimum Gasteiger partial charge on any atom is -0.447 e. The Balaban J connectivity index is 1.84. The van der Waals surface area contributed by atoms with E-state index in [2.05, 4.69) is 6.58 Å². The van der Waals surface area contributed by atoms with Crippen molar-refractivity contribution in [1.29, 1.82) is 0 Å². The van der Waals surface area contributed by atoms with Crippen molar-refractivity contribution in [2.24, 2.45) is 0 Å². The number of benzene rings is 2. The highest BCUT2D eigenvalue weighted by atomic mass is 16.6. The van der Waals surface area contributed by atoms with Gasteiger partial charge in [0, 0.05) is 0 Å². The van der Waals surface area contributed by atoms with Crippen molar-refractivity contribution in [3.05, 3.63) is 84.4 Å². The van der Waals surface area contributed by atoms with Crippen LogP contribution in [0.3, 0.4) is 0 Å². The molecule has 1 aliphatic heterocycles. The van der Waals surface area contributed by atoms with E-state index in [0.717, 1.165) is 11.1 Å². The fraction of sp³-hybridized carbons (Fsp3) is 0.238. The van der Waals surface area contributed by atoms with Gasteiger partial charge in [0.15, 0.2) is 0 Å². The number of hydrogen-bond donors (Lipinski definition) is 0. The van der Waals surface area contributed by atoms with E-state index < -0.39 is 12.0 Å². The summed E-state index contributed by atoms with van der Waals surface area (Å²) in [6.07, 6.45) is 2.22. The molecule has 128 valence electrons. The number of allylic oxidation sites excluding steroid dienone is 1. The molecular weight excluding hydrogens is 314 g/mol. The van der Waals surface area contributed by atoms with Gasteiger partial charge in [0.05, 0.1) is 12.0 Å². The molecule has 0 N–H and O–H groups in total. The molecule has 0 aromatic heterocycles. The number of cyclic esters (lactones) is 1. The van der Waals surface area contributed by atoms with Crippen molar-refractivity contribution < 1.29 is 14.3 Å². The van der Waals surface area contributed by atoms with Gasteiger partial charge in [-0.1, -0.05) is 66.7 Å². The highest BCUT2D eigenvalue weighted by Gasteiger charge is 2.40. The van der Waals surface area contributed by atoms with Gasteiger partial charge in [-0.3, -0.25) is 4.79 Å². The first-order chi connectivity index (χ1) is 12.2. The molecule has 1 saturated heterocycles. The van der Waals surface area contributed by atoms with Gasteiger partial charge in [-0.25, -0.2) is 9.69 Å². The lowest BCUT2D eigenvalue weighted by atomic mass is 9.93. The van der Waals surface area contributed by atoms with Crippen molar-refractivity contribution in [2.45, 2.75) is 24.8 Å². The summed E-state index contributed by atoms with van der Waals surface area (Å²) in [5, 5.41) is 0. The third-order valence-corrected chi connectivity index (χ3v) is 4.42. The number of nitrogens with zero attached hydrogens (tertiary/aromatic N) is 1. The maximum atomic E-state index is 13.1. The zero-order valence-electron chi connectivity index (χ0n) is 14.0. The lowest BCUT2D eigenvalue weighted by Gasteiger charge is -2.24. The molecule has 0 saturated carbocycles. The predicted molar refractivity (Wildman–Crippen MR) is 96.1 cm³/mol. The predicted octanol–water partition coefficient (Wildman–Crippen LogP) is 3.94. The van der Waals surface area contributed by atoms with E-state index in [1.54, 1.807) is 6.08 Å². The fourth-order valence-electron chi connectivity index (χ4n) is 3.17. The summed E-state index contributed by atoms with van der Waals surface area (Å²) in [5.74, 6) is -0.655. The van der Waals surface area contributed by atoms with E-state index in [0.29, 0.717) is 12.8 Å². The van der Waals surface area contributed by atoms with Crippen LogP contribution in [-0.4, -0.2) is 29.5 Å². The Hall–Kier alpha value is -2.88. The summed E-state index contributed by atoms with van der Waals surface area (Å²) in [5.41, 5.74) is 1.95. The number of imide groups is 1. The van der Waals surface area contributed by atoms with Gasteiger partial charge in [0.25, 0.3) is 0 Å². The van der Waals surface area contributed by atoms with Gasteiger partial charge < -0.3 is 4.74 Å². The smallest absolute Gasteiger partial charge is 0.417 e. The summed E-state index contributed by atoms with van der Waals surface area (Å²) in [4.78, 5) is 26.6. The molecule has 2 aromatic rings. The largest absolute Gasteiger partial charge is 0.447 e. The van der Waals surface area contributed by atoms with Crippen molar-refractivity contribution >= 4 is 12.0 Å². The quantitative estimate of drug-likeness (QED) is 0.751. The molecule has 4 nitrogen and oxygen atoms in total. The van der Waals surface area contributed by atoms with Gasteiger partial charge in [-0.15, -0.1) is 6.58 Å². The number of hydrogen-bond acceptors (Lipinski definition) is 3. The molecule has 1 aliphatic rings. The number of rotatable bonds is 6. The number of carbonyl (C=O) groups is 2. The first-order valence-corrected chi connectivity index (χ1v) is 8.40. The first kappa shape index (κ1) is 17.0. The van der Waals surface area contributed by atoms with E-state index in [-0.39, 0.29) is 18.6 Å². The minimum absolute atomic E-state index is 0.227. The Kier molecular flexibility index (Phi) is 5.29. The monoisotopic (exact) mass is 335 g/mol. The van der Waals surface area contributed by atoms with Crippen molar-refractivity contribution in [1.82, 2.24) is 4.90 Å². The van der Waals surface area contributed by atoms with Gasteiger partial charge in [0.2, 0.25) is 5.91 Å². The second-order valence-electron chi connectivity index (χ2n) is 6.12. The molecule has 0 radical (unpaired) electrons. The molecule has 4 heteroatoms. The summed E-state index contributed by atoms with van der Waals surface area (Å²) < 4.78 is 5.18. The Morgan fingerprint density at radius 3 is 2.44 bits per heavy atom. The van der Waals surface area contributed by atoms with Gasteiger partial charge in [-0.05, 0) is 24.0 Å². The lowest BCUT2D eigenvalue weighted by molar-refractivity contribution is -0.130. The second-order valence-corrected chi connectivity index (χ2v) is 6.12. The molecule has 1 heterocycles. The highest BCUT2D eigenvalue weighted by Crippen LogP contribution is 2.27. The average molecular weight is 335 g/mol. The van der Waals surface area contributed by atoms with Crippen LogP contribution in [0, 0.1) is 0 Å². The normalized spacial score (nSPS) is 17.8. The molecule has 25 heavy (non-hydrogen) atoms. The molecule has 2 atom stereocenters. The van der Waals surface area contributed by atoms with Gasteiger partial charge in [-0.2, -0.15) is 0 Å². The van der Waals surface area contributed by atoms with E-state index in [9.17, 15) is 9.59 Å².